The molecule has 1 aromatic heterocycles. The fraction of sp³-hybridized carbons (Fsp3) is 0.750. The van der Waals surface area contributed by atoms with Crippen LogP contribution in [-0.4, -0.2) is 27.2 Å². The minimum atomic E-state index is -0.974. The Morgan fingerprint density at radius 1 is 1.22 bits per heavy atom. The predicted molar refractivity (Wildman–Crippen MR) is 89.6 cm³/mol. The molecular formula is C16H25N3O3S. The smallest absolute Gasteiger partial charge is 0.303 e. The van der Waals surface area contributed by atoms with Crippen molar-refractivity contribution in [2.45, 2.75) is 70.6 Å². The molecular weight excluding hydrogens is 314 g/mol. The molecule has 1 aliphatic carbocycles. The van der Waals surface area contributed by atoms with Gasteiger partial charge in [-0.15, -0.1) is 10.2 Å². The van der Waals surface area contributed by atoms with Crippen LogP contribution in [0.2, 0.25) is 0 Å². The standard InChI is InChI=1S/C16H25N3O3S/c1-2-3-4-11-5-7-12(8-6-11)15-18-19-16(23-15)17-13(20)9-10-14(21)22/h11-12H,2-10H2,1H3,(H,21,22)(H,17,19,20). The maximum absolute atomic E-state index is 11.6. The van der Waals surface area contributed by atoms with E-state index in [9.17, 15) is 9.59 Å². The van der Waals surface area contributed by atoms with Gasteiger partial charge in [0.15, 0.2) is 0 Å². The van der Waals surface area contributed by atoms with Crippen LogP contribution in [0.5, 0.6) is 0 Å². The van der Waals surface area contributed by atoms with Crippen molar-refractivity contribution >= 4 is 28.3 Å². The lowest BCUT2D eigenvalue weighted by Crippen LogP contribution is -2.13. The van der Waals surface area contributed by atoms with Gasteiger partial charge in [0.25, 0.3) is 0 Å². The number of aromatic nitrogens is 2. The second kappa shape index (κ2) is 8.96. The molecule has 0 radical (unpaired) electrons. The second-order valence-corrected chi connectivity index (χ2v) is 7.26. The van der Waals surface area contributed by atoms with E-state index in [1.54, 1.807) is 0 Å². The van der Waals surface area contributed by atoms with Crippen molar-refractivity contribution in [3.8, 4) is 0 Å². The molecule has 0 unspecified atom stereocenters. The zero-order valence-electron chi connectivity index (χ0n) is 13.6. The van der Waals surface area contributed by atoms with Gasteiger partial charge in [0.05, 0.1) is 6.42 Å². The minimum Gasteiger partial charge on any atom is -0.481 e. The number of nitrogens with zero attached hydrogens (tertiary/aromatic N) is 2. The van der Waals surface area contributed by atoms with Crippen LogP contribution < -0.4 is 5.32 Å². The van der Waals surface area contributed by atoms with Gasteiger partial charge in [-0.05, 0) is 31.6 Å². The summed E-state index contributed by atoms with van der Waals surface area (Å²) in [6.45, 7) is 2.24. The molecule has 1 saturated carbocycles. The van der Waals surface area contributed by atoms with E-state index in [1.165, 1.54) is 43.4 Å². The van der Waals surface area contributed by atoms with Gasteiger partial charge < -0.3 is 10.4 Å². The van der Waals surface area contributed by atoms with E-state index in [1.807, 2.05) is 0 Å². The van der Waals surface area contributed by atoms with Crippen LogP contribution in [0, 0.1) is 5.92 Å². The minimum absolute atomic E-state index is 0.0349. The van der Waals surface area contributed by atoms with Gasteiger partial charge in [0.2, 0.25) is 11.0 Å². The van der Waals surface area contributed by atoms with Crippen molar-refractivity contribution in [3.05, 3.63) is 5.01 Å². The third kappa shape index (κ3) is 5.89. The molecule has 1 heterocycles. The summed E-state index contributed by atoms with van der Waals surface area (Å²) >= 11 is 1.42. The Bertz CT molecular complexity index is 524. The number of unbranched alkanes of at least 4 members (excludes halogenated alkanes) is 1. The maximum Gasteiger partial charge on any atom is 0.303 e. The number of carboxylic acid groups (broad SMARTS) is 1. The summed E-state index contributed by atoms with van der Waals surface area (Å²) in [6.07, 6.45) is 8.53. The molecule has 6 nitrogen and oxygen atoms in total. The highest BCUT2D eigenvalue weighted by Gasteiger charge is 2.25. The van der Waals surface area contributed by atoms with E-state index in [4.69, 9.17) is 5.11 Å². The zero-order valence-corrected chi connectivity index (χ0v) is 14.4. The lowest BCUT2D eigenvalue weighted by atomic mass is 9.80. The van der Waals surface area contributed by atoms with Crippen LogP contribution in [0.25, 0.3) is 0 Å². The van der Waals surface area contributed by atoms with Crippen molar-refractivity contribution in [3.63, 3.8) is 0 Å². The molecule has 128 valence electrons. The second-order valence-electron chi connectivity index (χ2n) is 6.25. The Labute approximate surface area is 140 Å². The molecule has 1 fully saturated rings. The first-order chi connectivity index (χ1) is 11.1. The average molecular weight is 339 g/mol. The quantitative estimate of drug-likeness (QED) is 0.751. The number of hydrogen-bond donors (Lipinski definition) is 2. The summed E-state index contributed by atoms with van der Waals surface area (Å²) in [5, 5.41) is 20.9. The number of aliphatic carboxylic acids is 1. The molecule has 1 aromatic rings. The summed E-state index contributed by atoms with van der Waals surface area (Å²) in [6, 6.07) is 0. The van der Waals surface area contributed by atoms with E-state index in [0.29, 0.717) is 11.0 Å². The van der Waals surface area contributed by atoms with E-state index >= 15 is 0 Å². The Kier molecular flexibility index (Phi) is 6.95. The number of carbonyl (C=O) groups excluding carboxylic acids is 1. The van der Waals surface area contributed by atoms with Crippen LogP contribution in [0.4, 0.5) is 5.13 Å². The first kappa shape index (κ1) is 17.8. The van der Waals surface area contributed by atoms with Gasteiger partial charge in [-0.3, -0.25) is 9.59 Å². The third-order valence-corrected chi connectivity index (χ3v) is 5.42. The molecule has 0 aromatic carbocycles. The van der Waals surface area contributed by atoms with E-state index in [2.05, 4.69) is 22.4 Å². The van der Waals surface area contributed by atoms with Gasteiger partial charge in [-0.2, -0.15) is 0 Å². The molecule has 0 bridgehead atoms. The van der Waals surface area contributed by atoms with Crippen LogP contribution in [0.3, 0.4) is 0 Å². The fourth-order valence-corrected chi connectivity index (χ4v) is 3.97. The topological polar surface area (TPSA) is 92.2 Å². The SMILES string of the molecule is CCCCC1CCC(c2nnc(NC(=O)CCC(=O)O)s2)CC1. The molecule has 7 heteroatoms. The van der Waals surface area contributed by atoms with Crippen molar-refractivity contribution in [2.75, 3.05) is 5.32 Å². The lowest BCUT2D eigenvalue weighted by Gasteiger charge is -2.26. The fourth-order valence-electron chi connectivity index (χ4n) is 3.04. The molecule has 2 rings (SSSR count). The van der Waals surface area contributed by atoms with E-state index in [0.717, 1.165) is 23.8 Å². The first-order valence-corrected chi connectivity index (χ1v) is 9.25. The number of amides is 1. The van der Waals surface area contributed by atoms with Gasteiger partial charge >= 0.3 is 5.97 Å². The number of carbonyl (C=O) groups is 2. The van der Waals surface area contributed by atoms with Crippen LogP contribution in [0.1, 0.15) is 75.6 Å². The van der Waals surface area contributed by atoms with Crippen molar-refractivity contribution in [1.82, 2.24) is 10.2 Å². The van der Waals surface area contributed by atoms with Gasteiger partial charge in [0, 0.05) is 12.3 Å². The maximum atomic E-state index is 11.6. The number of rotatable bonds is 8. The highest BCUT2D eigenvalue weighted by atomic mass is 32.1. The Hall–Kier alpha value is -1.50. The monoisotopic (exact) mass is 339 g/mol. The van der Waals surface area contributed by atoms with Crippen LogP contribution in [-0.2, 0) is 9.59 Å². The third-order valence-electron chi connectivity index (χ3n) is 4.41. The van der Waals surface area contributed by atoms with Gasteiger partial charge in [-0.1, -0.05) is 37.5 Å². The van der Waals surface area contributed by atoms with Crippen LogP contribution >= 0.6 is 11.3 Å². The molecule has 1 amide bonds. The normalized spacial score (nSPS) is 21.1. The van der Waals surface area contributed by atoms with Crippen molar-refractivity contribution in [2.24, 2.45) is 5.92 Å². The van der Waals surface area contributed by atoms with Gasteiger partial charge in [0.1, 0.15) is 5.01 Å². The zero-order chi connectivity index (χ0) is 16.7. The Morgan fingerprint density at radius 2 is 1.96 bits per heavy atom. The van der Waals surface area contributed by atoms with Crippen LogP contribution in [0.15, 0.2) is 0 Å². The van der Waals surface area contributed by atoms with Crippen molar-refractivity contribution < 1.29 is 14.7 Å². The number of anilines is 1. The molecule has 0 atom stereocenters. The predicted octanol–water partition coefficient (Wildman–Crippen LogP) is 3.81. The highest BCUT2D eigenvalue weighted by molar-refractivity contribution is 7.15. The summed E-state index contributed by atoms with van der Waals surface area (Å²) in [5.74, 6) is 0.0145. The summed E-state index contributed by atoms with van der Waals surface area (Å²) < 4.78 is 0. The summed E-state index contributed by atoms with van der Waals surface area (Å²) in [4.78, 5) is 22.1. The van der Waals surface area contributed by atoms with E-state index < -0.39 is 5.97 Å². The molecule has 0 aliphatic heterocycles. The largest absolute Gasteiger partial charge is 0.481 e. The van der Waals surface area contributed by atoms with Crippen molar-refractivity contribution in [1.29, 1.82) is 0 Å². The Morgan fingerprint density at radius 3 is 2.61 bits per heavy atom. The number of nitrogens with one attached hydrogen (secondary N) is 1. The molecule has 23 heavy (non-hydrogen) atoms. The lowest BCUT2D eigenvalue weighted by molar-refractivity contribution is -0.138. The molecule has 2 N–H and O–H groups in total. The summed E-state index contributed by atoms with van der Waals surface area (Å²) in [7, 11) is 0. The highest BCUT2D eigenvalue weighted by Crippen LogP contribution is 2.39. The number of hydrogen-bond acceptors (Lipinski definition) is 5. The average Bonchev–Trinajstić information content (AvgIpc) is 3.00. The number of carboxylic acids is 1. The summed E-state index contributed by atoms with van der Waals surface area (Å²) in [5.41, 5.74) is 0. The van der Waals surface area contributed by atoms with E-state index in [-0.39, 0.29) is 18.7 Å². The molecule has 0 spiro atoms. The Balaban J connectivity index is 1.78. The first-order valence-electron chi connectivity index (χ1n) is 8.43. The molecule has 1 aliphatic rings. The van der Waals surface area contributed by atoms with Gasteiger partial charge in [-0.25, -0.2) is 0 Å². The molecule has 0 saturated heterocycles.